The largest absolute Gasteiger partial charge is 0.351 e. The predicted octanol–water partition coefficient (Wildman–Crippen LogP) is 3.33. The van der Waals surface area contributed by atoms with Crippen LogP contribution in [0.3, 0.4) is 0 Å². The second kappa shape index (κ2) is 7.85. The van der Waals surface area contributed by atoms with Gasteiger partial charge in [-0.3, -0.25) is 4.79 Å². The molecule has 4 rings (SSSR count). The zero-order valence-corrected chi connectivity index (χ0v) is 15.3. The molecule has 1 amide bonds. The molecule has 0 radical (unpaired) electrons. The van der Waals surface area contributed by atoms with E-state index in [1.165, 1.54) is 6.42 Å². The quantitative estimate of drug-likeness (QED) is 0.703. The second-order valence-electron chi connectivity index (χ2n) is 6.54. The summed E-state index contributed by atoms with van der Waals surface area (Å²) in [6, 6.07) is 15.9. The number of hydrogen-bond donors (Lipinski definition) is 2. The van der Waals surface area contributed by atoms with Crippen molar-refractivity contribution in [1.29, 1.82) is 0 Å². The van der Waals surface area contributed by atoms with Gasteiger partial charge >= 0.3 is 0 Å². The summed E-state index contributed by atoms with van der Waals surface area (Å²) in [6.07, 6.45) is 2.21. The van der Waals surface area contributed by atoms with Gasteiger partial charge in [-0.1, -0.05) is 24.3 Å². The smallest absolute Gasteiger partial charge is 0.271 e. The van der Waals surface area contributed by atoms with Gasteiger partial charge in [0.25, 0.3) is 5.91 Å². The number of thiophene rings is 1. The first-order valence-corrected chi connectivity index (χ1v) is 9.87. The second-order valence-corrected chi connectivity index (χ2v) is 7.49. The zero-order valence-electron chi connectivity index (χ0n) is 14.5. The molecule has 1 unspecified atom stereocenters. The molecule has 3 aromatic rings. The molecule has 2 N–H and O–H groups in total. The summed E-state index contributed by atoms with van der Waals surface area (Å²) in [4.78, 5) is 13.7. The van der Waals surface area contributed by atoms with Gasteiger partial charge in [0.2, 0.25) is 0 Å². The molecule has 0 bridgehead atoms. The minimum absolute atomic E-state index is 0.108. The van der Waals surface area contributed by atoms with E-state index in [2.05, 4.69) is 21.8 Å². The average molecular weight is 366 g/mol. The molecule has 2 aromatic heterocycles. The van der Waals surface area contributed by atoms with E-state index in [0.29, 0.717) is 18.2 Å². The Morgan fingerprint density at radius 2 is 2.15 bits per heavy atom. The third kappa shape index (κ3) is 3.71. The highest BCUT2D eigenvalue weighted by molar-refractivity contribution is 7.13. The molecule has 1 aliphatic heterocycles. The lowest BCUT2D eigenvalue weighted by atomic mass is 10.1. The van der Waals surface area contributed by atoms with Crippen molar-refractivity contribution in [2.75, 3.05) is 19.6 Å². The Morgan fingerprint density at radius 1 is 1.27 bits per heavy atom. The lowest BCUT2D eigenvalue weighted by Crippen LogP contribution is -2.26. The number of benzene rings is 1. The first-order chi connectivity index (χ1) is 12.8. The Balaban J connectivity index is 1.53. The Kier molecular flexibility index (Phi) is 5.13. The Labute approximate surface area is 157 Å². The van der Waals surface area contributed by atoms with Gasteiger partial charge in [0.05, 0.1) is 16.3 Å². The zero-order chi connectivity index (χ0) is 17.8. The van der Waals surface area contributed by atoms with Gasteiger partial charge in [-0.25, -0.2) is 4.68 Å². The Hall–Kier alpha value is -2.44. The van der Waals surface area contributed by atoms with Crippen LogP contribution in [0.1, 0.15) is 23.3 Å². The molecular formula is C20H22N4OS. The molecule has 134 valence electrons. The van der Waals surface area contributed by atoms with Crippen LogP contribution < -0.4 is 10.6 Å². The van der Waals surface area contributed by atoms with Crippen LogP contribution >= 0.6 is 11.3 Å². The highest BCUT2D eigenvalue weighted by Crippen LogP contribution is 2.28. The van der Waals surface area contributed by atoms with E-state index in [1.54, 1.807) is 11.3 Å². The van der Waals surface area contributed by atoms with Crippen LogP contribution in [0.5, 0.6) is 0 Å². The molecule has 0 aliphatic carbocycles. The summed E-state index contributed by atoms with van der Waals surface area (Å²) >= 11 is 1.65. The summed E-state index contributed by atoms with van der Waals surface area (Å²) in [6.45, 7) is 2.84. The van der Waals surface area contributed by atoms with Gasteiger partial charge in [0.1, 0.15) is 0 Å². The normalized spacial score (nSPS) is 16.7. The molecule has 0 saturated carbocycles. The fourth-order valence-electron chi connectivity index (χ4n) is 3.30. The van der Waals surface area contributed by atoms with E-state index in [-0.39, 0.29) is 5.91 Å². The molecule has 26 heavy (non-hydrogen) atoms. The first-order valence-electron chi connectivity index (χ1n) is 8.99. The third-order valence-electron chi connectivity index (χ3n) is 4.72. The highest BCUT2D eigenvalue weighted by atomic mass is 32.1. The molecule has 1 atom stereocenters. The maximum Gasteiger partial charge on any atom is 0.271 e. The molecule has 1 saturated heterocycles. The Bertz CT molecular complexity index is 851. The number of carbonyl (C=O) groups excluding carboxylic acids is 1. The number of nitrogens with zero attached hydrogens (tertiary/aromatic N) is 2. The monoisotopic (exact) mass is 366 g/mol. The van der Waals surface area contributed by atoms with Crippen molar-refractivity contribution in [1.82, 2.24) is 20.4 Å². The van der Waals surface area contributed by atoms with Crippen LogP contribution in [0.2, 0.25) is 0 Å². The van der Waals surface area contributed by atoms with Crippen LogP contribution in [-0.2, 0) is 0 Å². The summed E-state index contributed by atoms with van der Waals surface area (Å²) in [5, 5.41) is 13.0. The first kappa shape index (κ1) is 17.0. The van der Waals surface area contributed by atoms with E-state index < -0.39 is 0 Å². The van der Waals surface area contributed by atoms with E-state index >= 15 is 0 Å². The molecule has 1 aromatic carbocycles. The van der Waals surface area contributed by atoms with Crippen molar-refractivity contribution in [3.63, 3.8) is 0 Å². The summed E-state index contributed by atoms with van der Waals surface area (Å²) < 4.78 is 1.85. The van der Waals surface area contributed by atoms with E-state index in [9.17, 15) is 4.79 Å². The molecule has 1 fully saturated rings. The number of amides is 1. The molecular weight excluding hydrogens is 344 g/mol. The van der Waals surface area contributed by atoms with Crippen molar-refractivity contribution in [2.45, 2.75) is 12.8 Å². The van der Waals surface area contributed by atoms with Gasteiger partial charge in [0.15, 0.2) is 5.69 Å². The number of rotatable bonds is 6. The summed E-state index contributed by atoms with van der Waals surface area (Å²) in [5.74, 6) is 0.558. The van der Waals surface area contributed by atoms with Crippen molar-refractivity contribution < 1.29 is 4.79 Å². The minimum Gasteiger partial charge on any atom is -0.351 e. The van der Waals surface area contributed by atoms with Gasteiger partial charge < -0.3 is 10.6 Å². The van der Waals surface area contributed by atoms with Gasteiger partial charge in [-0.15, -0.1) is 11.3 Å². The minimum atomic E-state index is -0.108. The van der Waals surface area contributed by atoms with E-state index in [1.807, 2.05) is 52.5 Å². The SMILES string of the molecule is O=C(NCCC1CCNC1)c1cc(-c2cccs2)n(-c2ccccc2)n1. The van der Waals surface area contributed by atoms with Crippen molar-refractivity contribution in [2.24, 2.45) is 5.92 Å². The number of para-hydroxylation sites is 1. The third-order valence-corrected chi connectivity index (χ3v) is 5.61. The van der Waals surface area contributed by atoms with Gasteiger partial charge in [-0.2, -0.15) is 5.10 Å². The van der Waals surface area contributed by atoms with Crippen LogP contribution in [0.15, 0.2) is 53.9 Å². The Morgan fingerprint density at radius 3 is 2.88 bits per heavy atom. The van der Waals surface area contributed by atoms with Crippen LogP contribution in [0.25, 0.3) is 16.3 Å². The fourth-order valence-corrected chi connectivity index (χ4v) is 4.03. The lowest BCUT2D eigenvalue weighted by Gasteiger charge is -2.08. The summed E-state index contributed by atoms with van der Waals surface area (Å²) in [7, 11) is 0. The summed E-state index contributed by atoms with van der Waals surface area (Å²) in [5.41, 5.74) is 2.35. The number of carbonyl (C=O) groups is 1. The van der Waals surface area contributed by atoms with Gasteiger partial charge in [0, 0.05) is 6.54 Å². The standard InChI is InChI=1S/C20H22N4OS/c25-20(22-11-9-15-8-10-21-14-15)17-13-18(19-7-4-12-26-19)24(23-17)16-5-2-1-3-6-16/h1-7,12-13,15,21H,8-11,14H2,(H,22,25). The molecule has 1 aliphatic rings. The topological polar surface area (TPSA) is 59.0 Å². The van der Waals surface area contributed by atoms with Crippen LogP contribution in [-0.4, -0.2) is 35.3 Å². The molecule has 3 heterocycles. The highest BCUT2D eigenvalue weighted by Gasteiger charge is 2.18. The molecule has 5 nitrogen and oxygen atoms in total. The van der Waals surface area contributed by atoms with E-state index in [4.69, 9.17) is 0 Å². The maximum absolute atomic E-state index is 12.6. The van der Waals surface area contributed by atoms with Gasteiger partial charge in [-0.05, 0) is 61.5 Å². The molecule has 0 spiro atoms. The molecule has 6 heteroatoms. The maximum atomic E-state index is 12.6. The fraction of sp³-hybridized carbons (Fsp3) is 0.300. The number of nitrogens with one attached hydrogen (secondary N) is 2. The average Bonchev–Trinajstić information content (AvgIpc) is 3.42. The van der Waals surface area contributed by atoms with Crippen molar-refractivity contribution in [3.8, 4) is 16.3 Å². The number of aromatic nitrogens is 2. The predicted molar refractivity (Wildman–Crippen MR) is 105 cm³/mol. The van der Waals surface area contributed by atoms with Crippen LogP contribution in [0.4, 0.5) is 0 Å². The lowest BCUT2D eigenvalue weighted by molar-refractivity contribution is 0.0946. The van der Waals surface area contributed by atoms with Crippen molar-refractivity contribution in [3.05, 3.63) is 59.6 Å². The number of hydrogen-bond acceptors (Lipinski definition) is 4. The van der Waals surface area contributed by atoms with E-state index in [0.717, 1.165) is 35.8 Å². The van der Waals surface area contributed by atoms with Crippen molar-refractivity contribution >= 4 is 17.2 Å². The van der Waals surface area contributed by atoms with Crippen LogP contribution in [0, 0.1) is 5.92 Å².